The quantitative estimate of drug-likeness (QED) is 0.617. The zero-order chi connectivity index (χ0) is 13.0. The van der Waals surface area contributed by atoms with Crippen molar-refractivity contribution in [2.75, 3.05) is 0 Å². The topological polar surface area (TPSA) is 34.1 Å². The van der Waals surface area contributed by atoms with Gasteiger partial charge in [0.05, 0.1) is 11.1 Å². The fourth-order valence-corrected chi connectivity index (χ4v) is 2.92. The van der Waals surface area contributed by atoms with Crippen molar-refractivity contribution in [3.05, 3.63) is 40.8 Å². The molecule has 0 spiro atoms. The molecule has 0 aliphatic rings. The number of thiophene rings is 1. The zero-order valence-corrected chi connectivity index (χ0v) is 10.8. The van der Waals surface area contributed by atoms with Crippen molar-refractivity contribution in [2.45, 2.75) is 19.8 Å². The summed E-state index contributed by atoms with van der Waals surface area (Å²) in [6.07, 6.45) is 1.36. The fraction of sp³-hybridized carbons (Fsp3) is 0.200. The fourth-order valence-electron chi connectivity index (χ4n) is 1.84. The Hall–Kier alpha value is -1.92. The van der Waals surface area contributed by atoms with Crippen LogP contribution in [0.5, 0.6) is 0 Å². The second-order valence-corrected chi connectivity index (χ2v) is 5.04. The number of hydrogen-bond donors (Lipinski definition) is 0. The Kier molecular flexibility index (Phi) is 3.91. The van der Waals surface area contributed by atoms with Gasteiger partial charge in [-0.15, -0.1) is 11.3 Å². The maximum atomic E-state index is 11.1. The molecule has 1 aromatic heterocycles. The van der Waals surface area contributed by atoms with Gasteiger partial charge in [0.1, 0.15) is 11.9 Å². The van der Waals surface area contributed by atoms with Crippen molar-refractivity contribution in [2.24, 2.45) is 0 Å². The number of carbonyl (C=O) groups excluding carboxylic acids is 2. The number of allylic oxidation sites excluding steroid dienone is 2. The Morgan fingerprint density at radius 2 is 2.00 bits per heavy atom. The molecule has 0 radical (unpaired) electrons. The molecule has 0 atom stereocenters. The van der Waals surface area contributed by atoms with Gasteiger partial charge in [0, 0.05) is 9.58 Å². The summed E-state index contributed by atoms with van der Waals surface area (Å²) in [6, 6.07) is 9.81. The molecular formula is C15H12O2S. The van der Waals surface area contributed by atoms with Crippen LogP contribution in [0.4, 0.5) is 0 Å². The maximum absolute atomic E-state index is 11.1. The molecule has 1 heterocycles. The molecule has 90 valence electrons. The largest absolute Gasteiger partial charge is 0.233 e. The van der Waals surface area contributed by atoms with Gasteiger partial charge < -0.3 is 0 Å². The lowest BCUT2D eigenvalue weighted by Gasteiger charge is -1.99. The van der Waals surface area contributed by atoms with Gasteiger partial charge in [-0.3, -0.25) is 0 Å². The minimum Gasteiger partial charge on any atom is -0.233 e. The third kappa shape index (κ3) is 2.34. The lowest BCUT2D eigenvalue weighted by Crippen LogP contribution is -1.89. The van der Waals surface area contributed by atoms with Gasteiger partial charge in [-0.1, -0.05) is 31.5 Å². The van der Waals surface area contributed by atoms with Gasteiger partial charge in [-0.25, -0.2) is 9.59 Å². The Morgan fingerprint density at radius 3 is 2.61 bits per heavy atom. The van der Waals surface area contributed by atoms with Gasteiger partial charge in [-0.05, 0) is 23.9 Å². The van der Waals surface area contributed by atoms with Gasteiger partial charge in [0.25, 0.3) is 0 Å². The van der Waals surface area contributed by atoms with E-state index in [2.05, 4.69) is 0 Å². The molecule has 0 aliphatic carbocycles. The van der Waals surface area contributed by atoms with E-state index in [1.807, 2.05) is 49.1 Å². The molecule has 0 bridgehead atoms. The van der Waals surface area contributed by atoms with E-state index in [0.717, 1.165) is 21.4 Å². The van der Waals surface area contributed by atoms with E-state index in [4.69, 9.17) is 0 Å². The van der Waals surface area contributed by atoms with E-state index in [-0.39, 0.29) is 0 Å². The van der Waals surface area contributed by atoms with Crippen LogP contribution in [0.3, 0.4) is 0 Å². The number of fused-ring (bicyclic) bond motifs is 1. The number of rotatable bonds is 4. The van der Waals surface area contributed by atoms with Crippen molar-refractivity contribution in [3.8, 4) is 0 Å². The molecule has 0 saturated carbocycles. The molecule has 18 heavy (non-hydrogen) atoms. The van der Waals surface area contributed by atoms with Gasteiger partial charge in [-0.2, -0.15) is 0 Å². The Morgan fingerprint density at radius 1 is 1.22 bits per heavy atom. The first-order valence-electron chi connectivity index (χ1n) is 5.78. The van der Waals surface area contributed by atoms with Crippen LogP contribution >= 0.6 is 11.3 Å². The predicted octanol–water partition coefficient (Wildman–Crippen LogP) is 3.67. The maximum Gasteiger partial charge on any atom is 0.134 e. The summed E-state index contributed by atoms with van der Waals surface area (Å²) in [5.74, 6) is 3.76. The Balaban J connectivity index is 2.51. The lowest BCUT2D eigenvalue weighted by molar-refractivity contribution is 0.565. The highest BCUT2D eigenvalue weighted by Crippen LogP contribution is 2.32. The van der Waals surface area contributed by atoms with Gasteiger partial charge >= 0.3 is 0 Å². The first-order chi connectivity index (χ1) is 8.80. The summed E-state index contributed by atoms with van der Waals surface area (Å²) >= 11 is 1.50. The molecule has 0 amide bonds. The molecular weight excluding hydrogens is 244 g/mol. The van der Waals surface area contributed by atoms with E-state index in [1.165, 1.54) is 11.3 Å². The van der Waals surface area contributed by atoms with E-state index >= 15 is 0 Å². The number of benzene rings is 1. The van der Waals surface area contributed by atoms with Crippen molar-refractivity contribution in [1.82, 2.24) is 0 Å². The SMILES string of the molecule is CCCC(=C=O)C(=C=O)c1cc2ccccc2s1. The van der Waals surface area contributed by atoms with Gasteiger partial charge in [0.15, 0.2) is 0 Å². The highest BCUT2D eigenvalue weighted by atomic mass is 32.1. The summed E-state index contributed by atoms with van der Waals surface area (Å²) in [5, 5.41) is 1.08. The Labute approximate surface area is 109 Å². The van der Waals surface area contributed by atoms with E-state index in [1.54, 1.807) is 0 Å². The first-order valence-corrected chi connectivity index (χ1v) is 6.60. The zero-order valence-electron chi connectivity index (χ0n) is 10.0. The lowest BCUT2D eigenvalue weighted by atomic mass is 10.0. The third-order valence-corrected chi connectivity index (χ3v) is 3.83. The first kappa shape index (κ1) is 12.5. The smallest absolute Gasteiger partial charge is 0.134 e. The average Bonchev–Trinajstić information content (AvgIpc) is 2.82. The van der Waals surface area contributed by atoms with Crippen LogP contribution in [-0.4, -0.2) is 11.9 Å². The monoisotopic (exact) mass is 256 g/mol. The molecule has 0 saturated heterocycles. The summed E-state index contributed by atoms with van der Waals surface area (Å²) in [6.45, 7) is 1.96. The normalized spacial score (nSPS) is 9.83. The molecule has 2 aromatic rings. The van der Waals surface area contributed by atoms with Crippen LogP contribution < -0.4 is 0 Å². The minimum atomic E-state index is 0.355. The van der Waals surface area contributed by atoms with E-state index in [0.29, 0.717) is 17.6 Å². The van der Waals surface area contributed by atoms with Crippen LogP contribution in [0, 0.1) is 0 Å². The van der Waals surface area contributed by atoms with Crippen molar-refractivity contribution >= 4 is 38.9 Å². The van der Waals surface area contributed by atoms with Crippen LogP contribution in [0.15, 0.2) is 35.9 Å². The average molecular weight is 256 g/mol. The summed E-state index contributed by atoms with van der Waals surface area (Å²) in [5.41, 5.74) is 0.770. The van der Waals surface area contributed by atoms with Crippen LogP contribution in [0.2, 0.25) is 0 Å². The third-order valence-electron chi connectivity index (χ3n) is 2.70. The van der Waals surface area contributed by atoms with Crippen LogP contribution in [0.25, 0.3) is 15.7 Å². The van der Waals surface area contributed by atoms with E-state index in [9.17, 15) is 9.59 Å². The summed E-state index contributed by atoms with van der Waals surface area (Å²) in [4.78, 5) is 22.8. The molecule has 0 fully saturated rings. The highest BCUT2D eigenvalue weighted by molar-refractivity contribution is 7.20. The molecule has 0 N–H and O–H groups in total. The predicted molar refractivity (Wildman–Crippen MR) is 75.0 cm³/mol. The minimum absolute atomic E-state index is 0.355. The van der Waals surface area contributed by atoms with Crippen molar-refractivity contribution < 1.29 is 9.59 Å². The summed E-state index contributed by atoms with van der Waals surface area (Å²) < 4.78 is 1.10. The van der Waals surface area contributed by atoms with E-state index < -0.39 is 0 Å². The Bertz CT molecular complexity index is 636. The molecule has 2 nitrogen and oxygen atoms in total. The summed E-state index contributed by atoms with van der Waals surface area (Å²) in [7, 11) is 0. The molecule has 3 heteroatoms. The molecule has 1 aromatic carbocycles. The highest BCUT2D eigenvalue weighted by Gasteiger charge is 2.13. The van der Waals surface area contributed by atoms with Crippen LogP contribution in [-0.2, 0) is 9.59 Å². The second kappa shape index (κ2) is 5.61. The van der Waals surface area contributed by atoms with Gasteiger partial charge in [0.2, 0.25) is 0 Å². The van der Waals surface area contributed by atoms with Crippen molar-refractivity contribution in [1.29, 1.82) is 0 Å². The molecule has 2 rings (SSSR count). The molecule has 0 unspecified atom stereocenters. The number of hydrogen-bond acceptors (Lipinski definition) is 3. The van der Waals surface area contributed by atoms with Crippen LogP contribution in [0.1, 0.15) is 24.6 Å². The second-order valence-electron chi connectivity index (χ2n) is 3.96. The molecule has 0 aliphatic heterocycles. The van der Waals surface area contributed by atoms with Crippen molar-refractivity contribution in [3.63, 3.8) is 0 Å². The standard InChI is InChI=1S/C15H12O2S/c1-2-5-12(9-16)13(10-17)15-8-11-6-3-4-7-14(11)18-15/h3-4,6-8H,2,5H2,1H3.